The summed E-state index contributed by atoms with van der Waals surface area (Å²) in [5, 5.41) is 9.51. The summed E-state index contributed by atoms with van der Waals surface area (Å²) in [5.41, 5.74) is 3.24. The lowest BCUT2D eigenvalue weighted by Gasteiger charge is -2.03. The fourth-order valence-corrected chi connectivity index (χ4v) is 3.12. The molecule has 2 heterocycles. The molecule has 18 heavy (non-hydrogen) atoms. The Labute approximate surface area is 109 Å². The highest BCUT2D eigenvalue weighted by Crippen LogP contribution is 2.26. The monoisotopic (exact) mass is 260 g/mol. The lowest BCUT2D eigenvalue weighted by molar-refractivity contribution is -0.655. The molecule has 1 aromatic carbocycles. The topological polar surface area (TPSA) is 45.0 Å². The standard InChI is InChI=1S/C13H13N3OS/c1-9(17)15-11-4-2-10(3-5-11)12-8-18-13-14-6-7-16(12)13/h2-5,8H,6-7H2,1H3,(H,15,17)/p+1. The van der Waals surface area contributed by atoms with Gasteiger partial charge >= 0.3 is 5.13 Å². The maximum atomic E-state index is 11.0. The van der Waals surface area contributed by atoms with Crippen molar-refractivity contribution in [2.45, 2.75) is 13.5 Å². The van der Waals surface area contributed by atoms with E-state index in [1.807, 2.05) is 24.3 Å². The SMILES string of the molecule is CC(=O)Nc1ccc(-c2csc3[n+]2CCN3)cc1. The van der Waals surface area contributed by atoms with Gasteiger partial charge in [0.2, 0.25) is 5.91 Å². The van der Waals surface area contributed by atoms with Crippen LogP contribution in [0.1, 0.15) is 6.92 Å². The lowest BCUT2D eigenvalue weighted by Crippen LogP contribution is -2.30. The first-order chi connectivity index (χ1) is 8.74. The first kappa shape index (κ1) is 11.2. The molecule has 0 unspecified atom stereocenters. The van der Waals surface area contributed by atoms with E-state index in [0.717, 1.165) is 18.8 Å². The Hall–Kier alpha value is -1.88. The van der Waals surface area contributed by atoms with E-state index >= 15 is 0 Å². The molecule has 0 saturated carbocycles. The van der Waals surface area contributed by atoms with Crippen molar-refractivity contribution < 1.29 is 9.36 Å². The zero-order chi connectivity index (χ0) is 12.5. The van der Waals surface area contributed by atoms with Gasteiger partial charge in [0.1, 0.15) is 18.8 Å². The molecule has 0 bridgehead atoms. The molecule has 0 spiro atoms. The minimum atomic E-state index is -0.0437. The summed E-state index contributed by atoms with van der Waals surface area (Å²) in [7, 11) is 0. The quantitative estimate of drug-likeness (QED) is 0.812. The zero-order valence-corrected chi connectivity index (χ0v) is 10.9. The lowest BCUT2D eigenvalue weighted by atomic mass is 10.1. The number of thiazole rings is 1. The Kier molecular flexibility index (Phi) is 2.76. The molecule has 4 nitrogen and oxygen atoms in total. The van der Waals surface area contributed by atoms with Gasteiger partial charge in [0.25, 0.3) is 0 Å². The second-order valence-corrected chi connectivity index (χ2v) is 5.12. The van der Waals surface area contributed by atoms with Gasteiger partial charge in [-0.3, -0.25) is 10.1 Å². The molecule has 0 aliphatic carbocycles. The van der Waals surface area contributed by atoms with E-state index in [2.05, 4.69) is 20.6 Å². The molecule has 1 aliphatic heterocycles. The van der Waals surface area contributed by atoms with Crippen molar-refractivity contribution in [3.63, 3.8) is 0 Å². The number of hydrogen-bond acceptors (Lipinski definition) is 3. The van der Waals surface area contributed by atoms with Crippen LogP contribution in [0.5, 0.6) is 0 Å². The molecule has 2 N–H and O–H groups in total. The van der Waals surface area contributed by atoms with Crippen LogP contribution in [0, 0.1) is 0 Å². The van der Waals surface area contributed by atoms with Gasteiger partial charge in [-0.2, -0.15) is 0 Å². The summed E-state index contributed by atoms with van der Waals surface area (Å²) in [6.07, 6.45) is 0. The van der Waals surface area contributed by atoms with E-state index < -0.39 is 0 Å². The maximum absolute atomic E-state index is 11.0. The number of nitrogens with zero attached hydrogens (tertiary/aromatic N) is 1. The number of amides is 1. The number of carbonyl (C=O) groups excluding carboxylic acids is 1. The van der Waals surface area contributed by atoms with Crippen LogP contribution in [0.15, 0.2) is 29.6 Å². The highest BCUT2D eigenvalue weighted by molar-refractivity contribution is 7.13. The first-order valence-electron chi connectivity index (χ1n) is 5.87. The predicted octanol–water partition coefficient (Wildman–Crippen LogP) is 2.09. The van der Waals surface area contributed by atoms with Crippen LogP contribution < -0.4 is 15.2 Å². The van der Waals surface area contributed by atoms with E-state index in [-0.39, 0.29) is 5.91 Å². The third-order valence-electron chi connectivity index (χ3n) is 2.93. The van der Waals surface area contributed by atoms with Crippen LogP contribution in [0.3, 0.4) is 0 Å². The number of benzene rings is 1. The third kappa shape index (κ3) is 1.97. The fourth-order valence-electron chi connectivity index (χ4n) is 2.13. The van der Waals surface area contributed by atoms with E-state index in [1.54, 1.807) is 11.3 Å². The molecule has 0 saturated heterocycles. The second kappa shape index (κ2) is 4.42. The van der Waals surface area contributed by atoms with Crippen LogP contribution in [-0.2, 0) is 11.3 Å². The molecule has 0 radical (unpaired) electrons. The molecular weight excluding hydrogens is 246 g/mol. The molecule has 5 heteroatoms. The van der Waals surface area contributed by atoms with Crippen molar-refractivity contribution in [1.29, 1.82) is 0 Å². The molecule has 2 aromatic rings. The van der Waals surface area contributed by atoms with E-state index in [1.165, 1.54) is 23.3 Å². The number of fused-ring (bicyclic) bond motifs is 1. The zero-order valence-electron chi connectivity index (χ0n) is 10.1. The van der Waals surface area contributed by atoms with Gasteiger partial charge in [0.05, 0.1) is 0 Å². The Morgan fingerprint density at radius 1 is 1.39 bits per heavy atom. The number of anilines is 2. The number of carbonyl (C=O) groups is 1. The van der Waals surface area contributed by atoms with Gasteiger partial charge in [-0.25, -0.2) is 4.57 Å². The van der Waals surface area contributed by atoms with Gasteiger partial charge < -0.3 is 5.32 Å². The van der Waals surface area contributed by atoms with Crippen molar-refractivity contribution in [3.05, 3.63) is 29.6 Å². The van der Waals surface area contributed by atoms with Crippen LogP contribution >= 0.6 is 11.3 Å². The molecule has 3 rings (SSSR count). The largest absolute Gasteiger partial charge is 0.334 e. The van der Waals surface area contributed by atoms with Crippen LogP contribution in [0.25, 0.3) is 11.3 Å². The van der Waals surface area contributed by atoms with Crippen LogP contribution in [0.2, 0.25) is 0 Å². The summed E-state index contributed by atoms with van der Waals surface area (Å²) in [4.78, 5) is 11.0. The summed E-state index contributed by atoms with van der Waals surface area (Å²) in [6.45, 7) is 3.53. The average molecular weight is 260 g/mol. The van der Waals surface area contributed by atoms with E-state index in [0.29, 0.717) is 0 Å². The minimum absolute atomic E-state index is 0.0437. The van der Waals surface area contributed by atoms with Gasteiger partial charge in [-0.15, -0.1) is 0 Å². The van der Waals surface area contributed by atoms with Crippen molar-refractivity contribution in [2.75, 3.05) is 17.2 Å². The fraction of sp³-hybridized carbons (Fsp3) is 0.231. The Balaban J connectivity index is 1.90. The second-order valence-electron chi connectivity index (χ2n) is 4.26. The highest BCUT2D eigenvalue weighted by atomic mass is 32.1. The summed E-state index contributed by atoms with van der Waals surface area (Å²) >= 11 is 1.73. The van der Waals surface area contributed by atoms with Crippen LogP contribution in [-0.4, -0.2) is 12.5 Å². The van der Waals surface area contributed by atoms with E-state index in [4.69, 9.17) is 0 Å². The molecule has 1 aromatic heterocycles. The molecule has 1 aliphatic rings. The first-order valence-corrected chi connectivity index (χ1v) is 6.75. The summed E-state index contributed by atoms with van der Waals surface area (Å²) in [5.74, 6) is -0.0437. The van der Waals surface area contributed by atoms with Gasteiger partial charge in [0.15, 0.2) is 0 Å². The van der Waals surface area contributed by atoms with Gasteiger partial charge in [-0.05, 0) is 24.3 Å². The Morgan fingerprint density at radius 2 is 2.17 bits per heavy atom. The van der Waals surface area contributed by atoms with Crippen LogP contribution in [0.4, 0.5) is 10.8 Å². The maximum Gasteiger partial charge on any atom is 0.334 e. The van der Waals surface area contributed by atoms with Crippen molar-refractivity contribution >= 4 is 28.1 Å². The Morgan fingerprint density at radius 3 is 2.89 bits per heavy atom. The smallest absolute Gasteiger partial charge is 0.326 e. The molecular formula is C13H14N3OS+. The number of aromatic nitrogens is 1. The summed E-state index contributed by atoms with van der Waals surface area (Å²) in [6, 6.07) is 7.95. The van der Waals surface area contributed by atoms with E-state index in [9.17, 15) is 4.79 Å². The molecule has 92 valence electrons. The Bertz CT molecular complexity index is 589. The third-order valence-corrected chi connectivity index (χ3v) is 3.86. The molecule has 1 amide bonds. The number of hydrogen-bond donors (Lipinski definition) is 2. The number of nitrogens with one attached hydrogen (secondary N) is 2. The van der Waals surface area contributed by atoms with Crippen molar-refractivity contribution in [1.82, 2.24) is 0 Å². The van der Waals surface area contributed by atoms with Crippen molar-refractivity contribution in [2.24, 2.45) is 0 Å². The summed E-state index contributed by atoms with van der Waals surface area (Å²) < 4.78 is 2.29. The van der Waals surface area contributed by atoms with Crippen molar-refractivity contribution in [3.8, 4) is 11.3 Å². The van der Waals surface area contributed by atoms with Gasteiger partial charge in [0, 0.05) is 23.6 Å². The molecule has 0 fully saturated rings. The van der Waals surface area contributed by atoms with Gasteiger partial charge in [-0.1, -0.05) is 11.3 Å². The minimum Gasteiger partial charge on any atom is -0.326 e. The highest BCUT2D eigenvalue weighted by Gasteiger charge is 2.23. The average Bonchev–Trinajstić information content (AvgIpc) is 2.91. The molecule has 0 atom stereocenters. The predicted molar refractivity (Wildman–Crippen MR) is 72.7 cm³/mol. The normalized spacial score (nSPS) is 12.9. The number of rotatable bonds is 2.